The molecule has 5 rings (SSSR count). The molecule has 39 heavy (non-hydrogen) atoms. The SMILES string of the molecule is COc1ccc(S(=O)(=O)N2C[C@H](C(=O)NCc3ccc(CN4CCCCC4)cc3)Oc3ccc(C)cc32)cc1. The first-order chi connectivity index (χ1) is 18.8. The van der Waals surface area contributed by atoms with Gasteiger partial charge < -0.3 is 14.8 Å². The van der Waals surface area contributed by atoms with Crippen LogP contribution in [0.2, 0.25) is 0 Å². The lowest BCUT2D eigenvalue weighted by Crippen LogP contribution is -2.50. The number of sulfonamides is 1. The second-order valence-electron chi connectivity index (χ2n) is 10.2. The highest BCUT2D eigenvalue weighted by Crippen LogP contribution is 2.38. The Kier molecular flexibility index (Phi) is 8.09. The van der Waals surface area contributed by atoms with Gasteiger partial charge in [0.1, 0.15) is 11.5 Å². The minimum atomic E-state index is -3.95. The number of hydrogen-bond acceptors (Lipinski definition) is 6. The van der Waals surface area contributed by atoms with Gasteiger partial charge in [-0.05, 0) is 85.9 Å². The number of piperidine rings is 1. The number of aryl methyl sites for hydroxylation is 1. The van der Waals surface area contributed by atoms with Crippen molar-refractivity contribution in [3.63, 3.8) is 0 Å². The number of hydrogen-bond donors (Lipinski definition) is 1. The molecule has 0 spiro atoms. The van der Waals surface area contributed by atoms with Crippen LogP contribution >= 0.6 is 0 Å². The molecule has 0 bridgehead atoms. The topological polar surface area (TPSA) is 88.2 Å². The molecule has 2 aliphatic rings. The van der Waals surface area contributed by atoms with E-state index < -0.39 is 16.1 Å². The van der Waals surface area contributed by atoms with Crippen molar-refractivity contribution in [1.82, 2.24) is 10.2 Å². The molecular weight excluding hydrogens is 514 g/mol. The zero-order chi connectivity index (χ0) is 27.4. The van der Waals surface area contributed by atoms with Crippen molar-refractivity contribution in [2.45, 2.75) is 50.3 Å². The van der Waals surface area contributed by atoms with Gasteiger partial charge in [0.25, 0.3) is 15.9 Å². The van der Waals surface area contributed by atoms with Crippen LogP contribution in [0.15, 0.2) is 71.6 Å². The molecule has 9 heteroatoms. The van der Waals surface area contributed by atoms with E-state index in [-0.39, 0.29) is 17.3 Å². The number of rotatable bonds is 8. The Hall–Kier alpha value is -3.56. The molecule has 206 valence electrons. The summed E-state index contributed by atoms with van der Waals surface area (Å²) in [6, 6.07) is 19.8. The summed E-state index contributed by atoms with van der Waals surface area (Å²) in [5.74, 6) is 0.545. The van der Waals surface area contributed by atoms with Crippen LogP contribution in [0.1, 0.15) is 36.0 Å². The molecule has 3 aromatic carbocycles. The number of nitrogens with one attached hydrogen (secondary N) is 1. The highest BCUT2D eigenvalue weighted by atomic mass is 32.2. The number of ether oxygens (including phenoxy) is 2. The van der Waals surface area contributed by atoms with E-state index in [1.54, 1.807) is 24.3 Å². The van der Waals surface area contributed by atoms with E-state index in [0.717, 1.165) is 30.8 Å². The van der Waals surface area contributed by atoms with E-state index >= 15 is 0 Å². The predicted octanol–water partition coefficient (Wildman–Crippen LogP) is 4.26. The molecule has 2 heterocycles. The average molecular weight is 550 g/mol. The van der Waals surface area contributed by atoms with Gasteiger partial charge in [0.15, 0.2) is 6.10 Å². The number of benzene rings is 3. The fourth-order valence-electron chi connectivity index (χ4n) is 5.04. The Morgan fingerprint density at radius 1 is 0.974 bits per heavy atom. The van der Waals surface area contributed by atoms with Crippen LogP contribution in [0.3, 0.4) is 0 Å². The molecule has 0 unspecified atom stereocenters. The smallest absolute Gasteiger partial charge is 0.264 e. The van der Waals surface area contributed by atoms with E-state index in [0.29, 0.717) is 23.7 Å². The van der Waals surface area contributed by atoms with Crippen LogP contribution in [0.25, 0.3) is 0 Å². The normalized spacial score (nSPS) is 17.7. The molecule has 8 nitrogen and oxygen atoms in total. The first-order valence-electron chi connectivity index (χ1n) is 13.4. The Bertz CT molecular complexity index is 1400. The van der Waals surface area contributed by atoms with Crippen molar-refractivity contribution in [2.24, 2.45) is 0 Å². The monoisotopic (exact) mass is 549 g/mol. The van der Waals surface area contributed by atoms with Crippen molar-refractivity contribution in [1.29, 1.82) is 0 Å². The zero-order valence-corrected chi connectivity index (χ0v) is 23.2. The van der Waals surface area contributed by atoms with E-state index in [1.165, 1.54) is 48.4 Å². The summed E-state index contributed by atoms with van der Waals surface area (Å²) in [5.41, 5.74) is 3.53. The van der Waals surface area contributed by atoms with Gasteiger partial charge in [0.05, 0.1) is 24.2 Å². The number of carbonyl (C=O) groups excluding carboxylic acids is 1. The quantitative estimate of drug-likeness (QED) is 0.452. The minimum absolute atomic E-state index is 0.112. The molecule has 1 amide bonds. The van der Waals surface area contributed by atoms with E-state index in [4.69, 9.17) is 9.47 Å². The van der Waals surface area contributed by atoms with Crippen molar-refractivity contribution in [2.75, 3.05) is 31.0 Å². The largest absolute Gasteiger partial charge is 0.497 e. The molecule has 0 radical (unpaired) electrons. The number of methoxy groups -OCH3 is 1. The minimum Gasteiger partial charge on any atom is -0.497 e. The number of amides is 1. The number of likely N-dealkylation sites (tertiary alicyclic amines) is 1. The molecule has 0 saturated carbocycles. The lowest BCUT2D eigenvalue weighted by molar-refractivity contribution is -0.127. The highest BCUT2D eigenvalue weighted by molar-refractivity contribution is 7.92. The van der Waals surface area contributed by atoms with Crippen LogP contribution in [-0.2, 0) is 27.9 Å². The maximum absolute atomic E-state index is 13.7. The van der Waals surface area contributed by atoms with Gasteiger partial charge in [-0.2, -0.15) is 0 Å². The molecule has 1 fully saturated rings. The fourth-order valence-corrected chi connectivity index (χ4v) is 6.51. The first kappa shape index (κ1) is 27.0. The molecule has 1 N–H and O–H groups in total. The van der Waals surface area contributed by atoms with Gasteiger partial charge in [-0.15, -0.1) is 0 Å². The Morgan fingerprint density at radius 3 is 2.36 bits per heavy atom. The van der Waals surface area contributed by atoms with E-state index in [2.05, 4.69) is 22.3 Å². The Morgan fingerprint density at radius 2 is 1.67 bits per heavy atom. The molecule has 3 aromatic rings. The molecule has 1 atom stereocenters. The van der Waals surface area contributed by atoms with Gasteiger partial charge in [0.2, 0.25) is 0 Å². The summed E-state index contributed by atoms with van der Waals surface area (Å²) in [5, 5.41) is 2.93. The molecular formula is C30H35N3O5S. The molecule has 1 saturated heterocycles. The van der Waals surface area contributed by atoms with Crippen LogP contribution in [0, 0.1) is 6.92 Å². The standard InChI is InChI=1S/C30H35N3O5S/c1-22-6-15-28-27(18-22)33(39(35,36)26-13-11-25(37-2)12-14-26)21-29(38-28)30(34)31-19-23-7-9-24(10-8-23)20-32-16-4-3-5-17-32/h6-15,18,29H,3-5,16-17,19-21H2,1-2H3,(H,31,34)/t29-/m1/s1. The van der Waals surface area contributed by atoms with E-state index in [9.17, 15) is 13.2 Å². The molecule has 0 aliphatic carbocycles. The van der Waals surface area contributed by atoms with Crippen molar-refractivity contribution < 1.29 is 22.7 Å². The number of fused-ring (bicyclic) bond motifs is 1. The molecule has 0 aromatic heterocycles. The third-order valence-electron chi connectivity index (χ3n) is 7.27. The summed E-state index contributed by atoms with van der Waals surface area (Å²) >= 11 is 0. The lowest BCUT2D eigenvalue weighted by atomic mass is 10.1. The average Bonchev–Trinajstić information content (AvgIpc) is 2.96. The summed E-state index contributed by atoms with van der Waals surface area (Å²) in [4.78, 5) is 15.8. The number of anilines is 1. The highest BCUT2D eigenvalue weighted by Gasteiger charge is 2.37. The first-order valence-corrected chi connectivity index (χ1v) is 14.8. The fraction of sp³-hybridized carbons (Fsp3) is 0.367. The summed E-state index contributed by atoms with van der Waals surface area (Å²) in [6.07, 6.45) is 2.84. The maximum atomic E-state index is 13.7. The van der Waals surface area contributed by atoms with E-state index in [1.807, 2.05) is 25.1 Å². The van der Waals surface area contributed by atoms with Gasteiger partial charge in [-0.1, -0.05) is 36.8 Å². The van der Waals surface area contributed by atoms with Crippen molar-refractivity contribution >= 4 is 21.6 Å². The third-order valence-corrected chi connectivity index (χ3v) is 9.06. The number of carbonyl (C=O) groups is 1. The Balaban J connectivity index is 1.28. The van der Waals surface area contributed by atoms with Crippen molar-refractivity contribution in [3.05, 3.63) is 83.4 Å². The summed E-state index contributed by atoms with van der Waals surface area (Å²) in [7, 11) is -2.43. The van der Waals surface area contributed by atoms with Crippen LogP contribution < -0.4 is 19.1 Å². The van der Waals surface area contributed by atoms with Crippen LogP contribution in [-0.4, -0.2) is 52.1 Å². The van der Waals surface area contributed by atoms with Gasteiger partial charge >= 0.3 is 0 Å². The number of nitrogens with zero attached hydrogens (tertiary/aromatic N) is 2. The van der Waals surface area contributed by atoms with Crippen molar-refractivity contribution in [3.8, 4) is 11.5 Å². The predicted molar refractivity (Wildman–Crippen MR) is 151 cm³/mol. The Labute approximate surface area is 230 Å². The third kappa shape index (κ3) is 6.20. The molecule has 2 aliphatic heterocycles. The summed E-state index contributed by atoms with van der Waals surface area (Å²) < 4.78 is 39.8. The second kappa shape index (κ2) is 11.7. The second-order valence-corrected chi connectivity index (χ2v) is 12.0. The zero-order valence-electron chi connectivity index (χ0n) is 22.4. The lowest BCUT2D eigenvalue weighted by Gasteiger charge is -2.35. The van der Waals surface area contributed by atoms with Crippen LogP contribution in [0.5, 0.6) is 11.5 Å². The van der Waals surface area contributed by atoms with Gasteiger partial charge in [-0.3, -0.25) is 14.0 Å². The van der Waals surface area contributed by atoms with Gasteiger partial charge in [-0.25, -0.2) is 8.42 Å². The maximum Gasteiger partial charge on any atom is 0.264 e. The van der Waals surface area contributed by atoms with Crippen LogP contribution in [0.4, 0.5) is 5.69 Å². The summed E-state index contributed by atoms with van der Waals surface area (Å²) in [6.45, 7) is 5.31. The van der Waals surface area contributed by atoms with Gasteiger partial charge in [0, 0.05) is 13.1 Å².